The Hall–Kier alpha value is -3.04. The van der Waals surface area contributed by atoms with Gasteiger partial charge in [-0.2, -0.15) is 23.4 Å². The smallest absolute Gasteiger partial charge is 0.435 e. The fourth-order valence-electron chi connectivity index (χ4n) is 2.12. The van der Waals surface area contributed by atoms with Gasteiger partial charge in [0, 0.05) is 11.8 Å². The number of aromatic nitrogens is 2. The van der Waals surface area contributed by atoms with Gasteiger partial charge in [-0.25, -0.2) is 5.43 Å². The summed E-state index contributed by atoms with van der Waals surface area (Å²) >= 11 is 0. The van der Waals surface area contributed by atoms with Crippen LogP contribution in [0.4, 0.5) is 13.2 Å². The first-order chi connectivity index (χ1) is 11.8. The predicted octanol–water partition coefficient (Wildman–Crippen LogP) is 2.17. The van der Waals surface area contributed by atoms with Crippen LogP contribution in [-0.4, -0.2) is 28.2 Å². The van der Waals surface area contributed by atoms with Crippen molar-refractivity contribution in [3.05, 3.63) is 41.7 Å². The second-order valence-electron chi connectivity index (χ2n) is 5.20. The Morgan fingerprint density at radius 1 is 1.32 bits per heavy atom. The number of carbonyl (C=O) groups is 1. The minimum absolute atomic E-state index is 0.148. The summed E-state index contributed by atoms with van der Waals surface area (Å²) < 4.78 is 48.7. The van der Waals surface area contributed by atoms with Crippen LogP contribution in [0.2, 0.25) is 0 Å². The van der Waals surface area contributed by atoms with Gasteiger partial charge in [-0.1, -0.05) is 0 Å². The lowest BCUT2D eigenvalue weighted by Gasteiger charge is -2.05. The second-order valence-corrected chi connectivity index (χ2v) is 5.20. The zero-order valence-electron chi connectivity index (χ0n) is 13.0. The van der Waals surface area contributed by atoms with E-state index in [1.165, 1.54) is 0 Å². The number of hydrazone groups is 1. The van der Waals surface area contributed by atoms with Crippen LogP contribution in [0.15, 0.2) is 35.6 Å². The predicted molar refractivity (Wildman–Crippen MR) is 80.1 cm³/mol. The summed E-state index contributed by atoms with van der Waals surface area (Å²) in [6.45, 7) is 1.44. The average molecular weight is 354 g/mol. The van der Waals surface area contributed by atoms with E-state index in [-0.39, 0.29) is 13.3 Å². The Bertz CT molecular complexity index is 830. The molecular formula is C15H13F3N4O3. The van der Waals surface area contributed by atoms with Crippen molar-refractivity contribution in [2.75, 3.05) is 6.79 Å². The van der Waals surface area contributed by atoms with Crippen LogP contribution in [0.3, 0.4) is 0 Å². The summed E-state index contributed by atoms with van der Waals surface area (Å²) in [6, 6.07) is 5.99. The number of alkyl halides is 3. The molecular weight excluding hydrogens is 341 g/mol. The van der Waals surface area contributed by atoms with Gasteiger partial charge < -0.3 is 9.47 Å². The van der Waals surface area contributed by atoms with Gasteiger partial charge in [-0.3, -0.25) is 9.48 Å². The van der Waals surface area contributed by atoms with Crippen molar-refractivity contribution >= 4 is 11.6 Å². The number of nitrogens with one attached hydrogen (secondary N) is 1. The SMILES string of the molecule is C/C(=N/NC(=O)Cn1ccc(C(F)(F)F)n1)c1ccc2c(c1)OCO2. The highest BCUT2D eigenvalue weighted by Gasteiger charge is 2.33. The summed E-state index contributed by atoms with van der Waals surface area (Å²) in [5.74, 6) is 0.603. The number of fused-ring (bicyclic) bond motifs is 1. The number of halogens is 3. The zero-order valence-corrected chi connectivity index (χ0v) is 13.0. The minimum Gasteiger partial charge on any atom is -0.454 e. The summed E-state index contributed by atoms with van der Waals surface area (Å²) in [4.78, 5) is 11.8. The van der Waals surface area contributed by atoms with Crippen molar-refractivity contribution in [3.8, 4) is 11.5 Å². The molecule has 3 rings (SSSR count). The highest BCUT2D eigenvalue weighted by atomic mass is 19.4. The van der Waals surface area contributed by atoms with E-state index in [1.54, 1.807) is 25.1 Å². The van der Waals surface area contributed by atoms with E-state index in [2.05, 4.69) is 15.6 Å². The monoisotopic (exact) mass is 354 g/mol. The number of hydrogen-bond donors (Lipinski definition) is 1. The number of hydrogen-bond acceptors (Lipinski definition) is 5. The van der Waals surface area contributed by atoms with E-state index in [0.717, 1.165) is 16.9 Å². The Morgan fingerprint density at radius 3 is 2.80 bits per heavy atom. The molecule has 10 heteroatoms. The molecule has 0 aliphatic carbocycles. The topological polar surface area (TPSA) is 77.7 Å². The molecule has 0 radical (unpaired) electrons. The molecule has 1 aliphatic rings. The van der Waals surface area contributed by atoms with Crippen LogP contribution in [0.25, 0.3) is 0 Å². The molecule has 2 heterocycles. The lowest BCUT2D eigenvalue weighted by atomic mass is 10.1. The quantitative estimate of drug-likeness (QED) is 0.674. The normalized spacial score (nSPS) is 13.8. The van der Waals surface area contributed by atoms with E-state index < -0.39 is 17.8 Å². The van der Waals surface area contributed by atoms with Crippen molar-refractivity contribution in [1.82, 2.24) is 15.2 Å². The van der Waals surface area contributed by atoms with E-state index in [9.17, 15) is 18.0 Å². The number of ether oxygens (including phenoxy) is 2. The number of rotatable bonds is 4. The van der Waals surface area contributed by atoms with Crippen molar-refractivity contribution in [3.63, 3.8) is 0 Å². The Morgan fingerprint density at radius 2 is 2.08 bits per heavy atom. The Labute approximate surface area is 140 Å². The molecule has 25 heavy (non-hydrogen) atoms. The van der Waals surface area contributed by atoms with Crippen LogP contribution in [0.5, 0.6) is 11.5 Å². The van der Waals surface area contributed by atoms with Crippen molar-refractivity contribution in [1.29, 1.82) is 0 Å². The van der Waals surface area contributed by atoms with Gasteiger partial charge in [0.15, 0.2) is 17.2 Å². The third-order valence-corrected chi connectivity index (χ3v) is 3.38. The summed E-state index contributed by atoms with van der Waals surface area (Å²) in [5, 5.41) is 7.23. The van der Waals surface area contributed by atoms with Crippen LogP contribution >= 0.6 is 0 Å². The maximum Gasteiger partial charge on any atom is 0.435 e. The van der Waals surface area contributed by atoms with E-state index in [4.69, 9.17) is 9.47 Å². The average Bonchev–Trinajstić information content (AvgIpc) is 3.20. The molecule has 1 amide bonds. The zero-order chi connectivity index (χ0) is 18.0. The molecule has 7 nitrogen and oxygen atoms in total. The maximum absolute atomic E-state index is 12.5. The van der Waals surface area contributed by atoms with Crippen molar-refractivity contribution < 1.29 is 27.4 Å². The number of amides is 1. The molecule has 2 aromatic rings. The lowest BCUT2D eigenvalue weighted by Crippen LogP contribution is -2.24. The fourth-order valence-corrected chi connectivity index (χ4v) is 2.12. The van der Waals surface area contributed by atoms with Crippen molar-refractivity contribution in [2.24, 2.45) is 5.10 Å². The Kier molecular flexibility index (Phi) is 4.34. The molecule has 0 saturated heterocycles. The summed E-state index contributed by atoms with van der Waals surface area (Å²) in [5.41, 5.74) is 2.44. The van der Waals surface area contributed by atoms with Gasteiger partial charge in [0.25, 0.3) is 5.91 Å². The second kappa shape index (κ2) is 6.46. The minimum atomic E-state index is -4.55. The number of nitrogens with zero attached hydrogens (tertiary/aromatic N) is 3. The molecule has 1 aliphatic heterocycles. The third kappa shape index (κ3) is 3.90. The summed E-state index contributed by atoms with van der Waals surface area (Å²) in [6.07, 6.45) is -3.47. The van der Waals surface area contributed by atoms with Gasteiger partial charge >= 0.3 is 6.18 Å². The molecule has 0 unspecified atom stereocenters. The molecule has 0 bridgehead atoms. The largest absolute Gasteiger partial charge is 0.454 e. The Balaban J connectivity index is 1.61. The van der Waals surface area contributed by atoms with Gasteiger partial charge in [0.1, 0.15) is 6.54 Å². The van der Waals surface area contributed by atoms with E-state index in [1.807, 2.05) is 0 Å². The molecule has 0 atom stereocenters. The molecule has 0 fully saturated rings. The standard InChI is InChI=1S/C15H13F3N4O3/c1-9(10-2-3-11-12(6-10)25-8-24-11)19-20-14(23)7-22-5-4-13(21-22)15(16,17)18/h2-6H,7-8H2,1H3,(H,20,23)/b19-9-. The molecule has 132 valence electrons. The van der Waals surface area contributed by atoms with Crippen LogP contribution in [0.1, 0.15) is 18.2 Å². The first-order valence-corrected chi connectivity index (χ1v) is 7.17. The van der Waals surface area contributed by atoms with Crippen LogP contribution in [0, 0.1) is 0 Å². The maximum atomic E-state index is 12.5. The highest BCUT2D eigenvalue weighted by molar-refractivity contribution is 5.99. The van der Waals surface area contributed by atoms with Gasteiger partial charge in [-0.05, 0) is 31.2 Å². The van der Waals surface area contributed by atoms with Crippen LogP contribution in [-0.2, 0) is 17.5 Å². The number of carbonyl (C=O) groups excluding carboxylic acids is 1. The first-order valence-electron chi connectivity index (χ1n) is 7.17. The van der Waals surface area contributed by atoms with E-state index >= 15 is 0 Å². The van der Waals surface area contributed by atoms with Crippen molar-refractivity contribution in [2.45, 2.75) is 19.6 Å². The highest BCUT2D eigenvalue weighted by Crippen LogP contribution is 2.32. The first kappa shape index (κ1) is 16.8. The molecule has 1 N–H and O–H groups in total. The van der Waals surface area contributed by atoms with Crippen LogP contribution < -0.4 is 14.9 Å². The fraction of sp³-hybridized carbons (Fsp3) is 0.267. The van der Waals surface area contributed by atoms with Gasteiger partial charge in [0.05, 0.1) is 5.71 Å². The molecule has 1 aromatic carbocycles. The summed E-state index contributed by atoms with van der Waals surface area (Å²) in [7, 11) is 0. The lowest BCUT2D eigenvalue weighted by molar-refractivity contribution is -0.141. The van der Waals surface area contributed by atoms with Gasteiger partial charge in [0.2, 0.25) is 6.79 Å². The van der Waals surface area contributed by atoms with E-state index in [0.29, 0.717) is 22.8 Å². The molecule has 0 saturated carbocycles. The molecule has 0 spiro atoms. The molecule has 1 aromatic heterocycles. The van der Waals surface area contributed by atoms with Gasteiger partial charge in [-0.15, -0.1) is 0 Å². The third-order valence-electron chi connectivity index (χ3n) is 3.38. The number of benzene rings is 1.